The topological polar surface area (TPSA) is 109 Å². The van der Waals surface area contributed by atoms with Crippen LogP contribution in [0.5, 0.6) is 17.2 Å². The normalized spacial score (nSPS) is 10.5. The van der Waals surface area contributed by atoms with Gasteiger partial charge in [0.15, 0.2) is 11.5 Å². The molecule has 2 amide bonds. The van der Waals surface area contributed by atoms with Gasteiger partial charge in [0, 0.05) is 5.02 Å². The molecule has 0 saturated carbocycles. The van der Waals surface area contributed by atoms with Gasteiger partial charge in [0.25, 0.3) is 0 Å². The number of carbonyl (C=O) groups is 2. The Balaban J connectivity index is 1.99. The summed E-state index contributed by atoms with van der Waals surface area (Å²) in [7, 11) is 1.43. The molecule has 0 bridgehead atoms. The first-order chi connectivity index (χ1) is 12.9. The summed E-state index contributed by atoms with van der Waals surface area (Å²) in [6.07, 6.45) is 1.31. The van der Waals surface area contributed by atoms with Gasteiger partial charge in [-0.2, -0.15) is 5.10 Å². The standard InChI is InChI=1S/C18H18ClN3O5/c1-3-27-16-8-11(4-6-14(16)23)10-20-22-18(25)17(24)21-13-9-12(19)5-7-15(13)26-2/h4-10,23H,3H2,1-2H3,(H,21,24)(H,22,25)/b20-10+. The van der Waals surface area contributed by atoms with Crippen LogP contribution in [0.15, 0.2) is 41.5 Å². The number of rotatable bonds is 6. The molecule has 0 unspecified atom stereocenters. The van der Waals surface area contributed by atoms with Crippen molar-refractivity contribution in [3.05, 3.63) is 47.0 Å². The maximum atomic E-state index is 12.0. The predicted molar refractivity (Wildman–Crippen MR) is 102 cm³/mol. The number of nitrogens with zero attached hydrogens (tertiary/aromatic N) is 1. The second-order valence-corrected chi connectivity index (χ2v) is 5.59. The molecule has 0 aromatic heterocycles. The molecule has 0 radical (unpaired) electrons. The van der Waals surface area contributed by atoms with Crippen molar-refractivity contribution in [2.24, 2.45) is 5.10 Å². The lowest BCUT2D eigenvalue weighted by molar-refractivity contribution is -0.136. The van der Waals surface area contributed by atoms with Crippen molar-refractivity contribution in [2.75, 3.05) is 19.0 Å². The number of halogens is 1. The van der Waals surface area contributed by atoms with E-state index < -0.39 is 11.8 Å². The van der Waals surface area contributed by atoms with E-state index in [2.05, 4.69) is 15.8 Å². The van der Waals surface area contributed by atoms with Crippen LogP contribution in [0.4, 0.5) is 5.69 Å². The smallest absolute Gasteiger partial charge is 0.329 e. The van der Waals surface area contributed by atoms with Crippen LogP contribution in [0.3, 0.4) is 0 Å². The van der Waals surface area contributed by atoms with Crippen LogP contribution >= 0.6 is 11.6 Å². The molecule has 2 aromatic rings. The lowest BCUT2D eigenvalue weighted by Crippen LogP contribution is -2.32. The average molecular weight is 392 g/mol. The number of ether oxygens (including phenoxy) is 2. The summed E-state index contributed by atoms with van der Waals surface area (Å²) in [4.78, 5) is 23.8. The number of nitrogens with one attached hydrogen (secondary N) is 2. The van der Waals surface area contributed by atoms with Gasteiger partial charge in [-0.05, 0) is 48.9 Å². The lowest BCUT2D eigenvalue weighted by atomic mass is 10.2. The van der Waals surface area contributed by atoms with E-state index in [9.17, 15) is 14.7 Å². The third kappa shape index (κ3) is 5.61. The summed E-state index contributed by atoms with van der Waals surface area (Å²) >= 11 is 5.88. The van der Waals surface area contributed by atoms with E-state index >= 15 is 0 Å². The van der Waals surface area contributed by atoms with E-state index in [4.69, 9.17) is 21.1 Å². The minimum atomic E-state index is -0.975. The Labute approximate surface area is 160 Å². The molecule has 0 aliphatic rings. The molecule has 142 valence electrons. The molecular weight excluding hydrogens is 374 g/mol. The highest BCUT2D eigenvalue weighted by Gasteiger charge is 2.15. The van der Waals surface area contributed by atoms with Crippen molar-refractivity contribution in [1.82, 2.24) is 5.43 Å². The van der Waals surface area contributed by atoms with Crippen LogP contribution in [0.25, 0.3) is 0 Å². The van der Waals surface area contributed by atoms with Crippen molar-refractivity contribution in [1.29, 1.82) is 0 Å². The number of benzene rings is 2. The number of hydrazone groups is 1. The molecular formula is C18H18ClN3O5. The Morgan fingerprint density at radius 1 is 1.19 bits per heavy atom. The van der Waals surface area contributed by atoms with Crippen molar-refractivity contribution in [2.45, 2.75) is 6.92 Å². The van der Waals surface area contributed by atoms with E-state index in [0.29, 0.717) is 28.7 Å². The number of amides is 2. The number of aromatic hydroxyl groups is 1. The second-order valence-electron chi connectivity index (χ2n) is 5.16. The Kier molecular flexibility index (Phi) is 7.01. The van der Waals surface area contributed by atoms with Crippen LogP contribution in [0, 0.1) is 0 Å². The fourth-order valence-electron chi connectivity index (χ4n) is 2.06. The van der Waals surface area contributed by atoms with E-state index in [0.717, 1.165) is 0 Å². The van der Waals surface area contributed by atoms with Gasteiger partial charge >= 0.3 is 11.8 Å². The highest BCUT2D eigenvalue weighted by molar-refractivity contribution is 6.40. The third-order valence-electron chi connectivity index (χ3n) is 3.28. The first-order valence-corrected chi connectivity index (χ1v) is 8.26. The SMILES string of the molecule is CCOc1cc(/C=N/NC(=O)C(=O)Nc2cc(Cl)ccc2OC)ccc1O. The summed E-state index contributed by atoms with van der Waals surface area (Å²) in [6.45, 7) is 2.17. The molecule has 0 saturated heterocycles. The number of methoxy groups -OCH3 is 1. The van der Waals surface area contributed by atoms with Crippen LogP contribution in [-0.2, 0) is 9.59 Å². The van der Waals surface area contributed by atoms with Crippen LogP contribution < -0.4 is 20.2 Å². The predicted octanol–water partition coefficient (Wildman–Crippen LogP) is 2.54. The van der Waals surface area contributed by atoms with Gasteiger partial charge in [0.1, 0.15) is 5.75 Å². The number of hydrogen-bond donors (Lipinski definition) is 3. The van der Waals surface area contributed by atoms with Crippen LogP contribution in [-0.4, -0.2) is 36.9 Å². The maximum absolute atomic E-state index is 12.0. The van der Waals surface area contributed by atoms with E-state index in [-0.39, 0.29) is 11.4 Å². The van der Waals surface area contributed by atoms with Gasteiger partial charge in [0.2, 0.25) is 0 Å². The summed E-state index contributed by atoms with van der Waals surface area (Å²) in [6, 6.07) is 9.17. The zero-order valence-electron chi connectivity index (χ0n) is 14.7. The molecule has 27 heavy (non-hydrogen) atoms. The quantitative estimate of drug-likeness (QED) is 0.398. The van der Waals surface area contributed by atoms with Crippen molar-refractivity contribution >= 4 is 35.3 Å². The fraction of sp³-hybridized carbons (Fsp3) is 0.167. The van der Waals surface area contributed by atoms with E-state index in [1.54, 1.807) is 31.2 Å². The number of hydrogen-bond acceptors (Lipinski definition) is 6. The average Bonchev–Trinajstić information content (AvgIpc) is 2.64. The molecule has 9 heteroatoms. The highest BCUT2D eigenvalue weighted by atomic mass is 35.5. The largest absolute Gasteiger partial charge is 0.504 e. The highest BCUT2D eigenvalue weighted by Crippen LogP contribution is 2.27. The molecule has 0 aliphatic carbocycles. The molecule has 0 fully saturated rings. The number of carbonyl (C=O) groups excluding carboxylic acids is 2. The first kappa shape index (κ1) is 20.1. The van der Waals surface area contributed by atoms with Gasteiger partial charge < -0.3 is 19.9 Å². The molecule has 2 aromatic carbocycles. The molecule has 3 N–H and O–H groups in total. The Morgan fingerprint density at radius 3 is 2.67 bits per heavy atom. The van der Waals surface area contributed by atoms with Gasteiger partial charge in [-0.25, -0.2) is 5.43 Å². The third-order valence-corrected chi connectivity index (χ3v) is 3.51. The minimum Gasteiger partial charge on any atom is -0.504 e. The van der Waals surface area contributed by atoms with E-state index in [1.165, 1.54) is 25.5 Å². The second kappa shape index (κ2) is 9.44. The van der Waals surface area contributed by atoms with E-state index in [1.807, 2.05) is 0 Å². The molecule has 0 heterocycles. The minimum absolute atomic E-state index is 0.00659. The fourth-order valence-corrected chi connectivity index (χ4v) is 2.23. The number of phenolic OH excluding ortho intramolecular Hbond substituents is 1. The summed E-state index contributed by atoms with van der Waals surface area (Å²) in [5, 5.41) is 16.1. The Bertz CT molecular complexity index is 870. The van der Waals surface area contributed by atoms with Crippen molar-refractivity contribution < 1.29 is 24.2 Å². The van der Waals surface area contributed by atoms with Crippen LogP contribution in [0.1, 0.15) is 12.5 Å². The number of phenols is 1. The van der Waals surface area contributed by atoms with Crippen LogP contribution in [0.2, 0.25) is 5.02 Å². The molecule has 2 rings (SSSR count). The van der Waals surface area contributed by atoms with Gasteiger partial charge in [0.05, 0.1) is 25.6 Å². The number of anilines is 1. The zero-order chi connectivity index (χ0) is 19.8. The zero-order valence-corrected chi connectivity index (χ0v) is 15.4. The van der Waals surface area contributed by atoms with Gasteiger partial charge in [-0.15, -0.1) is 0 Å². The van der Waals surface area contributed by atoms with Gasteiger partial charge in [-0.1, -0.05) is 11.6 Å². The molecule has 0 atom stereocenters. The summed E-state index contributed by atoms with van der Waals surface area (Å²) in [5.41, 5.74) is 2.93. The lowest BCUT2D eigenvalue weighted by Gasteiger charge is -2.09. The maximum Gasteiger partial charge on any atom is 0.329 e. The molecule has 0 aliphatic heterocycles. The summed E-state index contributed by atoms with van der Waals surface area (Å²) < 4.78 is 10.3. The molecule has 8 nitrogen and oxygen atoms in total. The first-order valence-electron chi connectivity index (χ1n) is 7.88. The van der Waals surface area contributed by atoms with Crippen molar-refractivity contribution in [3.8, 4) is 17.2 Å². The monoisotopic (exact) mass is 391 g/mol. The van der Waals surface area contributed by atoms with Gasteiger partial charge in [-0.3, -0.25) is 9.59 Å². The molecule has 0 spiro atoms. The Morgan fingerprint density at radius 2 is 1.96 bits per heavy atom. The summed E-state index contributed by atoms with van der Waals surface area (Å²) in [5.74, 6) is -1.27. The Hall–Kier alpha value is -3.26. The van der Waals surface area contributed by atoms with Crippen molar-refractivity contribution in [3.63, 3.8) is 0 Å².